The molecule has 7 nitrogen and oxygen atoms in total. The lowest BCUT2D eigenvalue weighted by Gasteiger charge is -2.34. The number of hydrogen-bond acceptors (Lipinski definition) is 3. The molecule has 0 spiro atoms. The molecule has 1 aliphatic heterocycles. The lowest BCUT2D eigenvalue weighted by molar-refractivity contribution is -0.141. The topological polar surface area (TPSA) is 113 Å². The molecule has 0 bridgehead atoms. The summed E-state index contributed by atoms with van der Waals surface area (Å²) in [4.78, 5) is 36.4. The van der Waals surface area contributed by atoms with Gasteiger partial charge in [-0.05, 0) is 17.8 Å². The smallest absolute Gasteiger partial charge is 0.405 e. The van der Waals surface area contributed by atoms with E-state index in [1.54, 1.807) is 20.8 Å². The van der Waals surface area contributed by atoms with Crippen molar-refractivity contribution in [2.45, 2.75) is 46.2 Å². The van der Waals surface area contributed by atoms with Crippen molar-refractivity contribution in [3.63, 3.8) is 0 Å². The summed E-state index contributed by atoms with van der Waals surface area (Å²) >= 11 is 0. The molecule has 0 aliphatic carbocycles. The predicted octanol–water partition coefficient (Wildman–Crippen LogP) is 0.391. The number of rotatable bonds is 3. The fraction of sp³-hybridized carbons (Fsp3) is 0.769. The highest BCUT2D eigenvalue weighted by atomic mass is 16.4. The first-order valence-corrected chi connectivity index (χ1v) is 6.65. The van der Waals surface area contributed by atoms with Crippen molar-refractivity contribution in [1.29, 1.82) is 0 Å². The minimum Gasteiger partial charge on any atom is -0.465 e. The van der Waals surface area contributed by atoms with Crippen LogP contribution < -0.4 is 11.1 Å². The lowest BCUT2D eigenvalue weighted by atomic mass is 9.85. The minimum atomic E-state index is -1.26. The zero-order valence-corrected chi connectivity index (χ0v) is 12.3. The lowest BCUT2D eigenvalue weighted by Crippen LogP contribution is -2.57. The molecule has 0 aromatic rings. The number of nitrogens with two attached hydrogens (primary N) is 1. The summed E-state index contributed by atoms with van der Waals surface area (Å²) in [5.74, 6) is -0.957. The number of carbonyl (C=O) groups is 3. The second-order valence-electron chi connectivity index (χ2n) is 6.39. The number of hydrogen-bond donors (Lipinski definition) is 3. The van der Waals surface area contributed by atoms with E-state index >= 15 is 0 Å². The van der Waals surface area contributed by atoms with Crippen LogP contribution in [0.25, 0.3) is 0 Å². The molecule has 0 saturated carbocycles. The molecular formula is C13H23N3O4. The molecule has 0 aromatic carbocycles. The molecule has 7 heteroatoms. The number of carboxylic acid groups (broad SMARTS) is 1. The Morgan fingerprint density at radius 3 is 2.30 bits per heavy atom. The third-order valence-electron chi connectivity index (χ3n) is 3.66. The Labute approximate surface area is 118 Å². The number of nitrogens with one attached hydrogen (secondary N) is 1. The molecule has 1 rings (SSSR count). The second-order valence-corrected chi connectivity index (χ2v) is 6.39. The van der Waals surface area contributed by atoms with Crippen molar-refractivity contribution in [2.75, 3.05) is 6.54 Å². The Hall–Kier alpha value is -1.79. The number of carbonyl (C=O) groups excluding carboxylic acids is 2. The van der Waals surface area contributed by atoms with Crippen molar-refractivity contribution in [1.82, 2.24) is 10.2 Å². The van der Waals surface area contributed by atoms with Gasteiger partial charge in [0.15, 0.2) is 0 Å². The van der Waals surface area contributed by atoms with E-state index in [1.807, 2.05) is 6.92 Å². The van der Waals surface area contributed by atoms with Crippen LogP contribution in [-0.4, -0.2) is 46.5 Å². The fourth-order valence-corrected chi connectivity index (χ4v) is 2.57. The van der Waals surface area contributed by atoms with Gasteiger partial charge in [0.1, 0.15) is 12.1 Å². The van der Waals surface area contributed by atoms with E-state index in [2.05, 4.69) is 5.32 Å². The Bertz CT molecular complexity index is 416. The number of likely N-dealkylation sites (tertiary alicyclic amines) is 1. The quantitative estimate of drug-likeness (QED) is 0.696. The standard InChI is InChI=1S/C13H23N3O4/c1-7-5-6-16(8(7)10(14)17)11(18)9(13(2,3)4)15-12(19)20/h7-9,15H,5-6H2,1-4H3,(H2,14,17)(H,19,20)/t7?,8?,9-/m1/s1. The minimum absolute atomic E-state index is 0.0121. The van der Waals surface area contributed by atoms with E-state index in [9.17, 15) is 14.4 Å². The largest absolute Gasteiger partial charge is 0.465 e. The van der Waals surface area contributed by atoms with Gasteiger partial charge in [-0.15, -0.1) is 0 Å². The summed E-state index contributed by atoms with van der Waals surface area (Å²) in [6.07, 6.45) is -0.579. The maximum Gasteiger partial charge on any atom is 0.405 e. The van der Waals surface area contributed by atoms with Crippen LogP contribution in [0.15, 0.2) is 0 Å². The van der Waals surface area contributed by atoms with E-state index in [1.165, 1.54) is 4.90 Å². The maximum absolute atomic E-state index is 12.6. The molecule has 1 aliphatic rings. The van der Waals surface area contributed by atoms with Gasteiger partial charge < -0.3 is 21.1 Å². The molecule has 1 fully saturated rings. The first-order valence-electron chi connectivity index (χ1n) is 6.65. The number of amides is 3. The van der Waals surface area contributed by atoms with Crippen LogP contribution in [0.2, 0.25) is 0 Å². The number of primary amides is 1. The zero-order valence-electron chi connectivity index (χ0n) is 12.3. The van der Waals surface area contributed by atoms with E-state index in [0.29, 0.717) is 13.0 Å². The van der Waals surface area contributed by atoms with Gasteiger partial charge in [0.2, 0.25) is 11.8 Å². The molecular weight excluding hydrogens is 262 g/mol. The van der Waals surface area contributed by atoms with Crippen molar-refractivity contribution in [3.8, 4) is 0 Å². The van der Waals surface area contributed by atoms with Gasteiger partial charge in [0.25, 0.3) is 0 Å². The van der Waals surface area contributed by atoms with Gasteiger partial charge in [-0.2, -0.15) is 0 Å². The number of nitrogens with zero attached hydrogens (tertiary/aromatic N) is 1. The molecule has 1 saturated heterocycles. The van der Waals surface area contributed by atoms with Crippen molar-refractivity contribution < 1.29 is 19.5 Å². The van der Waals surface area contributed by atoms with Crippen molar-refractivity contribution >= 4 is 17.9 Å². The van der Waals surface area contributed by atoms with Gasteiger partial charge in [0, 0.05) is 6.54 Å². The first-order chi connectivity index (χ1) is 9.05. The van der Waals surface area contributed by atoms with Crippen LogP contribution >= 0.6 is 0 Å². The van der Waals surface area contributed by atoms with Crippen molar-refractivity contribution in [3.05, 3.63) is 0 Å². The maximum atomic E-state index is 12.6. The van der Waals surface area contributed by atoms with E-state index in [0.717, 1.165) is 0 Å². The second kappa shape index (κ2) is 5.68. The van der Waals surface area contributed by atoms with Crippen LogP contribution in [0.3, 0.4) is 0 Å². The van der Waals surface area contributed by atoms with Gasteiger partial charge in [0.05, 0.1) is 0 Å². The third-order valence-corrected chi connectivity index (χ3v) is 3.66. The summed E-state index contributed by atoms with van der Waals surface area (Å²) in [6.45, 7) is 7.58. The van der Waals surface area contributed by atoms with Gasteiger partial charge in [-0.1, -0.05) is 27.7 Å². The molecule has 4 N–H and O–H groups in total. The monoisotopic (exact) mass is 285 g/mol. The summed E-state index contributed by atoms with van der Waals surface area (Å²) in [5.41, 5.74) is 4.76. The summed E-state index contributed by atoms with van der Waals surface area (Å²) in [6, 6.07) is -1.57. The highest BCUT2D eigenvalue weighted by Gasteiger charge is 2.43. The van der Waals surface area contributed by atoms with Gasteiger partial charge in [-0.25, -0.2) is 4.79 Å². The van der Waals surface area contributed by atoms with Gasteiger partial charge >= 0.3 is 6.09 Å². The van der Waals surface area contributed by atoms with Crippen LogP contribution in [-0.2, 0) is 9.59 Å². The molecule has 0 radical (unpaired) electrons. The molecule has 3 amide bonds. The highest BCUT2D eigenvalue weighted by molar-refractivity contribution is 5.91. The average molecular weight is 285 g/mol. The molecule has 20 heavy (non-hydrogen) atoms. The summed E-state index contributed by atoms with van der Waals surface area (Å²) < 4.78 is 0. The normalized spacial score (nSPS) is 24.3. The van der Waals surface area contributed by atoms with Crippen LogP contribution in [0.1, 0.15) is 34.1 Å². The Kier molecular flexibility index (Phi) is 4.62. The van der Waals surface area contributed by atoms with Crippen LogP contribution in [0.4, 0.5) is 4.79 Å². The zero-order chi connectivity index (χ0) is 15.7. The molecule has 1 heterocycles. The Morgan fingerprint density at radius 2 is 1.90 bits per heavy atom. The van der Waals surface area contributed by atoms with Crippen molar-refractivity contribution in [2.24, 2.45) is 17.1 Å². The van der Waals surface area contributed by atoms with E-state index in [-0.39, 0.29) is 5.92 Å². The van der Waals surface area contributed by atoms with E-state index < -0.39 is 35.4 Å². The first kappa shape index (κ1) is 16.3. The molecule has 3 atom stereocenters. The summed E-state index contributed by atoms with van der Waals surface area (Å²) in [5, 5.41) is 11.1. The Balaban J connectivity index is 3.00. The third kappa shape index (κ3) is 3.40. The molecule has 114 valence electrons. The summed E-state index contributed by atoms with van der Waals surface area (Å²) in [7, 11) is 0. The highest BCUT2D eigenvalue weighted by Crippen LogP contribution is 2.28. The molecule has 2 unspecified atom stereocenters. The molecule has 0 aromatic heterocycles. The SMILES string of the molecule is CC1CCN(C(=O)[C@@H](NC(=O)O)C(C)(C)C)C1C(N)=O. The van der Waals surface area contributed by atoms with Gasteiger partial charge in [-0.3, -0.25) is 9.59 Å². The van der Waals surface area contributed by atoms with E-state index in [4.69, 9.17) is 10.8 Å². The van der Waals surface area contributed by atoms with Crippen LogP contribution in [0, 0.1) is 11.3 Å². The Morgan fingerprint density at radius 1 is 1.35 bits per heavy atom. The average Bonchev–Trinajstić information content (AvgIpc) is 2.65. The predicted molar refractivity (Wildman–Crippen MR) is 72.9 cm³/mol. The fourth-order valence-electron chi connectivity index (χ4n) is 2.57. The van der Waals surface area contributed by atoms with Crippen LogP contribution in [0.5, 0.6) is 0 Å².